The monoisotopic (exact) mass is 429 g/mol. The average Bonchev–Trinajstić information content (AvgIpc) is 3.35. The highest BCUT2D eigenvalue weighted by Gasteiger charge is 2.24. The Bertz CT molecular complexity index is 1020. The molecule has 4 N–H and O–H groups in total. The number of sulfonamides is 1. The van der Waals surface area contributed by atoms with E-state index in [1.54, 1.807) is 0 Å². The Balaban J connectivity index is 1.82. The van der Waals surface area contributed by atoms with Crippen LogP contribution in [0.4, 0.5) is 17.3 Å². The summed E-state index contributed by atoms with van der Waals surface area (Å²) in [5, 5.41) is 18.0. The van der Waals surface area contributed by atoms with Crippen molar-refractivity contribution in [2.24, 2.45) is 0 Å². The molecule has 0 aliphatic rings. The van der Waals surface area contributed by atoms with Gasteiger partial charge in [-0.05, 0) is 32.5 Å². The van der Waals surface area contributed by atoms with Crippen molar-refractivity contribution in [3.63, 3.8) is 0 Å². The quantitative estimate of drug-likeness (QED) is 0.429. The first-order valence-corrected chi connectivity index (χ1v) is 11.1. The van der Waals surface area contributed by atoms with E-state index >= 15 is 0 Å². The summed E-state index contributed by atoms with van der Waals surface area (Å²) in [6.07, 6.45) is 0.762. The zero-order valence-electron chi connectivity index (χ0n) is 14.8. The number of aromatic hydroxyl groups is 1. The molecule has 0 fully saturated rings. The smallest absolute Gasteiger partial charge is 0.253 e. The van der Waals surface area contributed by atoms with Crippen LogP contribution in [0.2, 0.25) is 0 Å². The van der Waals surface area contributed by atoms with Gasteiger partial charge in [-0.15, -0.1) is 11.3 Å². The fraction of sp³-hybridized carbons (Fsp3) is 0.333. The Morgan fingerprint density at radius 2 is 2.04 bits per heavy atom. The lowest BCUT2D eigenvalue weighted by molar-refractivity contribution is 0.452. The summed E-state index contributed by atoms with van der Waals surface area (Å²) in [5.41, 5.74) is 0.242. The van der Waals surface area contributed by atoms with Crippen LogP contribution in [0, 0.1) is 6.92 Å². The highest BCUT2D eigenvalue weighted by atomic mass is 32.2. The number of nitrogens with zero attached hydrogens (tertiary/aromatic N) is 2. The normalized spacial score (nSPS) is 12.9. The minimum Gasteiger partial charge on any atom is -0.504 e. The summed E-state index contributed by atoms with van der Waals surface area (Å²) in [7, 11) is -2.45. The standard InChI is InChI=1S/C15H19N5O4S3/c1-4-9(11-6-5-8(2)24-11)17-13-14(20-26-19-13)18-10-7-25-15(12(10)21)27(22,23)16-3/h5-7,9,16,21H,4H2,1-3H3,(H,17,19)(H,18,20)/t9-/m1/s1. The molecule has 0 aliphatic heterocycles. The second kappa shape index (κ2) is 7.84. The van der Waals surface area contributed by atoms with Crippen LogP contribution < -0.4 is 15.4 Å². The van der Waals surface area contributed by atoms with E-state index in [2.05, 4.69) is 24.1 Å². The van der Waals surface area contributed by atoms with Gasteiger partial charge in [-0.3, -0.25) is 0 Å². The molecule has 3 rings (SSSR count). The number of aromatic nitrogens is 2. The lowest BCUT2D eigenvalue weighted by atomic mass is 10.2. The molecule has 12 heteroatoms. The van der Waals surface area contributed by atoms with Crippen LogP contribution in [0.15, 0.2) is 26.1 Å². The summed E-state index contributed by atoms with van der Waals surface area (Å²) >= 11 is 1.91. The zero-order valence-corrected chi connectivity index (χ0v) is 17.3. The van der Waals surface area contributed by atoms with Crippen LogP contribution in [0.5, 0.6) is 5.75 Å². The first-order valence-electron chi connectivity index (χ1n) is 8.02. The molecular formula is C15H19N5O4S3. The van der Waals surface area contributed by atoms with Gasteiger partial charge in [0.05, 0.1) is 23.5 Å². The molecule has 146 valence electrons. The topological polar surface area (TPSA) is 129 Å². The van der Waals surface area contributed by atoms with E-state index < -0.39 is 10.0 Å². The zero-order chi connectivity index (χ0) is 19.6. The third-order valence-corrected chi connectivity index (χ3v) is 7.27. The molecule has 0 aromatic carbocycles. The lowest BCUT2D eigenvalue weighted by Gasteiger charge is -2.15. The number of anilines is 3. The van der Waals surface area contributed by atoms with Crippen molar-refractivity contribution in [2.45, 2.75) is 30.5 Å². The summed E-state index contributed by atoms with van der Waals surface area (Å²) in [6, 6.07) is 3.70. The molecule has 0 bridgehead atoms. The van der Waals surface area contributed by atoms with E-state index in [0.717, 1.165) is 41.0 Å². The van der Waals surface area contributed by atoms with Crippen molar-refractivity contribution in [1.29, 1.82) is 0 Å². The van der Waals surface area contributed by atoms with Crippen LogP contribution in [0.1, 0.15) is 30.9 Å². The number of rotatable bonds is 8. The highest BCUT2D eigenvalue weighted by Crippen LogP contribution is 2.40. The molecule has 0 saturated carbocycles. The molecule has 0 spiro atoms. The first-order chi connectivity index (χ1) is 12.9. The Morgan fingerprint density at radius 1 is 1.30 bits per heavy atom. The predicted octanol–water partition coefficient (Wildman–Crippen LogP) is 3.42. The Labute approximate surface area is 164 Å². The number of hydrogen-bond donors (Lipinski definition) is 4. The molecule has 3 aromatic heterocycles. The molecular weight excluding hydrogens is 410 g/mol. The van der Waals surface area contributed by atoms with Crippen molar-refractivity contribution < 1.29 is 17.9 Å². The van der Waals surface area contributed by atoms with Crippen LogP contribution >= 0.6 is 23.1 Å². The maximum absolute atomic E-state index is 11.9. The number of aryl methyl sites for hydroxylation is 1. The Morgan fingerprint density at radius 3 is 2.67 bits per heavy atom. The van der Waals surface area contributed by atoms with Crippen molar-refractivity contribution >= 4 is 50.4 Å². The van der Waals surface area contributed by atoms with Gasteiger partial charge in [0.1, 0.15) is 11.5 Å². The van der Waals surface area contributed by atoms with Gasteiger partial charge in [0.2, 0.25) is 0 Å². The van der Waals surface area contributed by atoms with Gasteiger partial charge in [0.15, 0.2) is 21.6 Å². The Kier molecular flexibility index (Phi) is 5.69. The second-order valence-corrected chi connectivity index (χ2v) is 9.12. The molecule has 0 unspecified atom stereocenters. The summed E-state index contributed by atoms with van der Waals surface area (Å²) in [4.78, 5) is 0. The summed E-state index contributed by atoms with van der Waals surface area (Å²) in [6.45, 7) is 3.89. The molecule has 1 atom stereocenters. The molecule has 0 amide bonds. The Hall–Kier alpha value is -2.15. The van der Waals surface area contributed by atoms with Gasteiger partial charge >= 0.3 is 0 Å². The van der Waals surface area contributed by atoms with Crippen LogP contribution in [-0.2, 0) is 10.0 Å². The summed E-state index contributed by atoms with van der Waals surface area (Å²) < 4.78 is 39.9. The highest BCUT2D eigenvalue weighted by molar-refractivity contribution is 7.91. The van der Waals surface area contributed by atoms with Crippen molar-refractivity contribution in [1.82, 2.24) is 13.5 Å². The summed E-state index contributed by atoms with van der Waals surface area (Å²) in [5.74, 6) is 2.13. The van der Waals surface area contributed by atoms with E-state index in [1.807, 2.05) is 26.0 Å². The maximum atomic E-state index is 11.9. The molecule has 3 aromatic rings. The third-order valence-electron chi connectivity index (χ3n) is 3.81. The van der Waals surface area contributed by atoms with Crippen LogP contribution in [0.25, 0.3) is 0 Å². The van der Waals surface area contributed by atoms with Crippen molar-refractivity contribution in [3.8, 4) is 5.75 Å². The molecule has 3 heterocycles. The number of thiophene rings is 1. The number of nitrogens with one attached hydrogen (secondary N) is 3. The number of furan rings is 1. The molecule has 0 radical (unpaired) electrons. The van der Waals surface area contributed by atoms with E-state index in [0.29, 0.717) is 11.6 Å². The molecule has 27 heavy (non-hydrogen) atoms. The van der Waals surface area contributed by atoms with Crippen molar-refractivity contribution in [3.05, 3.63) is 29.0 Å². The minimum absolute atomic E-state index is 0.0977. The predicted molar refractivity (Wildman–Crippen MR) is 106 cm³/mol. The van der Waals surface area contributed by atoms with Gasteiger partial charge in [-0.1, -0.05) is 6.92 Å². The van der Waals surface area contributed by atoms with E-state index in [1.165, 1.54) is 12.4 Å². The van der Waals surface area contributed by atoms with E-state index in [4.69, 9.17) is 4.42 Å². The molecule has 0 aliphatic carbocycles. The lowest BCUT2D eigenvalue weighted by Crippen LogP contribution is -2.17. The average molecular weight is 430 g/mol. The third kappa shape index (κ3) is 4.08. The van der Waals surface area contributed by atoms with Crippen LogP contribution in [-0.4, -0.2) is 29.3 Å². The maximum Gasteiger partial charge on any atom is 0.253 e. The van der Waals surface area contributed by atoms with E-state index in [-0.39, 0.29) is 21.7 Å². The van der Waals surface area contributed by atoms with Gasteiger partial charge in [-0.2, -0.15) is 8.75 Å². The van der Waals surface area contributed by atoms with Gasteiger partial charge in [-0.25, -0.2) is 13.1 Å². The SMILES string of the molecule is CC[C@@H](Nc1nsnc1Nc1csc(S(=O)(=O)NC)c1O)c1ccc(C)o1. The fourth-order valence-electron chi connectivity index (χ4n) is 2.38. The first kappa shape index (κ1) is 19.6. The van der Waals surface area contributed by atoms with E-state index in [9.17, 15) is 13.5 Å². The van der Waals surface area contributed by atoms with Gasteiger partial charge in [0, 0.05) is 5.38 Å². The minimum atomic E-state index is -3.74. The van der Waals surface area contributed by atoms with Crippen molar-refractivity contribution in [2.75, 3.05) is 17.7 Å². The number of hydrogen-bond acceptors (Lipinski definition) is 10. The fourth-order valence-corrected chi connectivity index (χ4v) is 4.92. The van der Waals surface area contributed by atoms with Gasteiger partial charge in [0.25, 0.3) is 10.0 Å². The molecule has 0 saturated heterocycles. The second-order valence-electron chi connectivity index (χ2n) is 5.63. The van der Waals surface area contributed by atoms with Gasteiger partial charge < -0.3 is 20.2 Å². The van der Waals surface area contributed by atoms with Crippen LogP contribution in [0.3, 0.4) is 0 Å². The largest absolute Gasteiger partial charge is 0.504 e. The molecule has 9 nitrogen and oxygen atoms in total.